The van der Waals surface area contributed by atoms with Crippen molar-refractivity contribution in [3.05, 3.63) is 63.3 Å². The van der Waals surface area contributed by atoms with E-state index < -0.39 is 6.03 Å². The molecular formula is C16H11Cl2FN4O2S. The topological polar surface area (TPSA) is 76.1 Å². The number of aromatic nitrogens is 2. The minimum absolute atomic E-state index is 0.148. The molecule has 0 saturated carbocycles. The monoisotopic (exact) mass is 412 g/mol. The van der Waals surface area contributed by atoms with Crippen molar-refractivity contribution in [3.63, 3.8) is 0 Å². The van der Waals surface area contributed by atoms with Gasteiger partial charge in [-0.15, -0.1) is 10.2 Å². The molecule has 2 aromatic carbocycles. The maximum Gasteiger partial charge on any atom is 0.325 e. The molecule has 0 aliphatic rings. The van der Waals surface area contributed by atoms with Crippen LogP contribution in [0.15, 0.2) is 42.5 Å². The second-order valence-electron chi connectivity index (χ2n) is 4.95. The number of ether oxygens (including phenoxy) is 1. The molecule has 134 valence electrons. The highest BCUT2D eigenvalue weighted by Crippen LogP contribution is 2.25. The van der Waals surface area contributed by atoms with Crippen LogP contribution in [-0.4, -0.2) is 16.2 Å². The lowest BCUT2D eigenvalue weighted by molar-refractivity contribution is 0.262. The lowest BCUT2D eigenvalue weighted by Gasteiger charge is -2.07. The molecular weight excluding hydrogens is 402 g/mol. The van der Waals surface area contributed by atoms with Crippen molar-refractivity contribution in [3.8, 4) is 5.75 Å². The summed E-state index contributed by atoms with van der Waals surface area (Å²) in [6, 6.07) is 9.83. The number of amides is 2. The minimum atomic E-state index is -0.517. The van der Waals surface area contributed by atoms with E-state index in [0.29, 0.717) is 31.6 Å². The van der Waals surface area contributed by atoms with Crippen LogP contribution in [-0.2, 0) is 6.61 Å². The van der Waals surface area contributed by atoms with Gasteiger partial charge >= 0.3 is 6.03 Å². The smallest absolute Gasteiger partial charge is 0.325 e. The zero-order valence-corrected chi connectivity index (χ0v) is 15.3. The summed E-state index contributed by atoms with van der Waals surface area (Å²) in [5.74, 6) is 0.165. The maximum absolute atomic E-state index is 12.8. The molecule has 0 aliphatic heterocycles. The number of nitrogens with one attached hydrogen (secondary N) is 2. The van der Waals surface area contributed by atoms with E-state index in [1.807, 2.05) is 0 Å². The first-order valence-electron chi connectivity index (χ1n) is 7.23. The molecule has 2 N–H and O–H groups in total. The van der Waals surface area contributed by atoms with Gasteiger partial charge in [0.15, 0.2) is 5.01 Å². The number of urea groups is 1. The highest BCUT2D eigenvalue weighted by molar-refractivity contribution is 7.15. The van der Waals surface area contributed by atoms with Gasteiger partial charge < -0.3 is 10.1 Å². The van der Waals surface area contributed by atoms with Gasteiger partial charge in [-0.25, -0.2) is 9.18 Å². The van der Waals surface area contributed by atoms with Crippen molar-refractivity contribution in [2.45, 2.75) is 6.61 Å². The van der Waals surface area contributed by atoms with Crippen LogP contribution in [0, 0.1) is 5.82 Å². The Labute approximate surface area is 161 Å². The highest BCUT2D eigenvalue weighted by atomic mass is 35.5. The van der Waals surface area contributed by atoms with Crippen molar-refractivity contribution < 1.29 is 13.9 Å². The second kappa shape index (κ2) is 8.31. The summed E-state index contributed by atoms with van der Waals surface area (Å²) >= 11 is 13.0. The summed E-state index contributed by atoms with van der Waals surface area (Å²) in [6.45, 7) is 0.148. The van der Waals surface area contributed by atoms with Gasteiger partial charge in [0.1, 0.15) is 18.2 Å². The Morgan fingerprint density at radius 2 is 1.88 bits per heavy atom. The summed E-state index contributed by atoms with van der Waals surface area (Å²) in [6.07, 6.45) is 0. The molecule has 6 nitrogen and oxygen atoms in total. The molecule has 10 heteroatoms. The van der Waals surface area contributed by atoms with Crippen molar-refractivity contribution in [1.82, 2.24) is 10.2 Å². The number of rotatable bonds is 5. The molecule has 0 aliphatic carbocycles. The summed E-state index contributed by atoms with van der Waals surface area (Å²) in [5, 5.41) is 14.6. The van der Waals surface area contributed by atoms with Crippen LogP contribution in [0.4, 0.5) is 20.0 Å². The molecule has 1 aromatic heterocycles. The van der Waals surface area contributed by atoms with Gasteiger partial charge in [-0.1, -0.05) is 34.5 Å². The molecule has 0 fully saturated rings. The van der Waals surface area contributed by atoms with Crippen LogP contribution in [0.25, 0.3) is 0 Å². The Balaban J connectivity index is 1.54. The van der Waals surface area contributed by atoms with Gasteiger partial charge in [0.2, 0.25) is 5.13 Å². The number of anilines is 2. The Kier molecular flexibility index (Phi) is 5.87. The highest BCUT2D eigenvalue weighted by Gasteiger charge is 2.10. The van der Waals surface area contributed by atoms with Gasteiger partial charge in [-0.3, -0.25) is 5.32 Å². The summed E-state index contributed by atoms with van der Waals surface area (Å²) in [7, 11) is 0. The van der Waals surface area contributed by atoms with E-state index >= 15 is 0 Å². The average Bonchev–Trinajstić information content (AvgIpc) is 3.04. The summed E-state index contributed by atoms with van der Waals surface area (Å²) in [4.78, 5) is 12.0. The lowest BCUT2D eigenvalue weighted by Crippen LogP contribution is -2.19. The van der Waals surface area contributed by atoms with Crippen molar-refractivity contribution in [2.24, 2.45) is 0 Å². The molecule has 26 heavy (non-hydrogen) atoms. The molecule has 2 amide bonds. The predicted octanol–water partition coefficient (Wildman–Crippen LogP) is 5.21. The lowest BCUT2D eigenvalue weighted by atomic mass is 10.3. The van der Waals surface area contributed by atoms with E-state index in [1.54, 1.807) is 12.1 Å². The number of hydrogen-bond donors (Lipinski definition) is 2. The maximum atomic E-state index is 12.8. The molecule has 3 rings (SSSR count). The van der Waals surface area contributed by atoms with Crippen molar-refractivity contribution in [2.75, 3.05) is 10.6 Å². The van der Waals surface area contributed by atoms with E-state index in [1.165, 1.54) is 30.3 Å². The number of benzene rings is 2. The van der Waals surface area contributed by atoms with Crippen LogP contribution < -0.4 is 15.4 Å². The predicted molar refractivity (Wildman–Crippen MR) is 99.7 cm³/mol. The van der Waals surface area contributed by atoms with E-state index in [-0.39, 0.29) is 12.4 Å². The molecule has 0 bridgehead atoms. The number of carbonyl (C=O) groups excluding carboxylic acids is 1. The fourth-order valence-electron chi connectivity index (χ4n) is 1.88. The Bertz CT molecular complexity index is 921. The first-order valence-corrected chi connectivity index (χ1v) is 8.80. The van der Waals surface area contributed by atoms with Gasteiger partial charge in [0.05, 0.1) is 10.7 Å². The summed E-state index contributed by atoms with van der Waals surface area (Å²) in [5.41, 5.74) is 0.415. The molecule has 0 unspecified atom stereocenters. The van der Waals surface area contributed by atoms with E-state index in [2.05, 4.69) is 20.8 Å². The molecule has 1 heterocycles. The van der Waals surface area contributed by atoms with Gasteiger partial charge in [-0.05, 0) is 42.5 Å². The molecule has 3 aromatic rings. The van der Waals surface area contributed by atoms with E-state index in [9.17, 15) is 9.18 Å². The fraction of sp³-hybridized carbons (Fsp3) is 0.0625. The standard InChI is InChI=1S/C16H11Cl2FN4O2S/c17-9-1-6-13(12(18)7-9)20-15(24)21-16-23-22-14(26-16)8-25-11-4-2-10(19)3-5-11/h1-7H,8H2,(H2,20,21,23,24). The van der Waals surface area contributed by atoms with Gasteiger partial charge in [-0.2, -0.15) is 0 Å². The van der Waals surface area contributed by atoms with E-state index in [4.69, 9.17) is 27.9 Å². The zero-order valence-electron chi connectivity index (χ0n) is 13.0. The van der Waals surface area contributed by atoms with Crippen LogP contribution in [0.2, 0.25) is 10.0 Å². The number of carbonyl (C=O) groups is 1. The second-order valence-corrected chi connectivity index (χ2v) is 6.85. The molecule has 0 radical (unpaired) electrons. The molecule has 0 spiro atoms. The van der Waals surface area contributed by atoms with Crippen molar-refractivity contribution in [1.29, 1.82) is 0 Å². The Morgan fingerprint density at radius 3 is 2.62 bits per heavy atom. The number of nitrogens with zero attached hydrogens (tertiary/aromatic N) is 2. The quantitative estimate of drug-likeness (QED) is 0.602. The normalized spacial score (nSPS) is 10.4. The average molecular weight is 413 g/mol. The SMILES string of the molecule is O=C(Nc1nnc(COc2ccc(F)cc2)s1)Nc1ccc(Cl)cc1Cl. The first-order chi connectivity index (χ1) is 12.5. The molecule has 0 atom stereocenters. The largest absolute Gasteiger partial charge is 0.486 e. The van der Waals surface area contributed by atoms with Crippen molar-refractivity contribution >= 4 is 51.4 Å². The van der Waals surface area contributed by atoms with Gasteiger partial charge in [0, 0.05) is 5.02 Å². The third kappa shape index (κ3) is 5.04. The van der Waals surface area contributed by atoms with Gasteiger partial charge in [0.25, 0.3) is 0 Å². The zero-order chi connectivity index (χ0) is 18.5. The van der Waals surface area contributed by atoms with Crippen LogP contribution in [0.3, 0.4) is 0 Å². The number of halogens is 3. The molecule has 0 saturated heterocycles. The van der Waals surface area contributed by atoms with Crippen LogP contribution >= 0.6 is 34.5 Å². The van der Waals surface area contributed by atoms with Crippen LogP contribution in [0.5, 0.6) is 5.75 Å². The minimum Gasteiger partial charge on any atom is -0.486 e. The fourth-order valence-corrected chi connectivity index (χ4v) is 2.98. The number of hydrogen-bond acceptors (Lipinski definition) is 5. The Hall–Kier alpha value is -2.42. The first kappa shape index (κ1) is 18.4. The van der Waals surface area contributed by atoms with Crippen LogP contribution in [0.1, 0.15) is 5.01 Å². The van der Waals surface area contributed by atoms with E-state index in [0.717, 1.165) is 11.3 Å². The Morgan fingerprint density at radius 1 is 1.12 bits per heavy atom. The third-order valence-corrected chi connectivity index (χ3v) is 4.40. The summed E-state index contributed by atoms with van der Waals surface area (Å²) < 4.78 is 18.3. The third-order valence-electron chi connectivity index (χ3n) is 3.04.